The van der Waals surface area contributed by atoms with Crippen LogP contribution in [0.3, 0.4) is 0 Å². The Morgan fingerprint density at radius 2 is 1.90 bits per heavy atom. The lowest BCUT2D eigenvalue weighted by molar-refractivity contribution is 0.0951. The van der Waals surface area contributed by atoms with Crippen LogP contribution in [0.25, 0.3) is 11.1 Å². The lowest BCUT2D eigenvalue weighted by Crippen LogP contribution is -2.23. The first-order valence-electron chi connectivity index (χ1n) is 8.62. The number of para-hydroxylation sites is 1. The van der Waals surface area contributed by atoms with E-state index in [4.69, 9.17) is 4.42 Å². The zero-order valence-electron chi connectivity index (χ0n) is 15.0. The Kier molecular flexibility index (Phi) is 4.85. The Balaban J connectivity index is 1.44. The van der Waals surface area contributed by atoms with Crippen molar-refractivity contribution in [3.8, 4) is 5.75 Å². The predicted molar refractivity (Wildman–Crippen MR) is 103 cm³/mol. The number of hydrogen-bond donors (Lipinski definition) is 3. The van der Waals surface area contributed by atoms with E-state index < -0.39 is 5.91 Å². The molecule has 3 aromatic heterocycles. The van der Waals surface area contributed by atoms with Crippen LogP contribution < -0.4 is 10.6 Å². The highest BCUT2D eigenvalue weighted by Gasteiger charge is 2.14. The van der Waals surface area contributed by atoms with E-state index in [9.17, 15) is 14.7 Å². The number of oxazole rings is 1. The highest BCUT2D eigenvalue weighted by Crippen LogP contribution is 2.17. The van der Waals surface area contributed by atoms with Crippen LogP contribution in [-0.2, 0) is 6.54 Å². The van der Waals surface area contributed by atoms with Gasteiger partial charge in [-0.15, -0.1) is 0 Å². The van der Waals surface area contributed by atoms with E-state index in [0.717, 1.165) is 5.56 Å². The third-order valence-electron chi connectivity index (χ3n) is 4.13. The van der Waals surface area contributed by atoms with E-state index in [1.54, 1.807) is 30.3 Å². The number of hydrogen-bond acceptors (Lipinski definition) is 7. The average Bonchev–Trinajstić information content (AvgIpc) is 3.21. The highest BCUT2D eigenvalue weighted by atomic mass is 16.3. The first-order chi connectivity index (χ1) is 14.1. The number of aromatic nitrogens is 3. The van der Waals surface area contributed by atoms with E-state index in [1.807, 2.05) is 0 Å². The molecule has 0 bridgehead atoms. The Hall–Kier alpha value is -4.27. The van der Waals surface area contributed by atoms with Gasteiger partial charge in [-0.1, -0.05) is 6.07 Å². The van der Waals surface area contributed by atoms with Crippen molar-refractivity contribution in [1.82, 2.24) is 20.3 Å². The minimum Gasteiger partial charge on any atom is -0.505 e. The van der Waals surface area contributed by atoms with Gasteiger partial charge in [-0.2, -0.15) is 0 Å². The van der Waals surface area contributed by atoms with Gasteiger partial charge in [0, 0.05) is 18.9 Å². The van der Waals surface area contributed by atoms with Gasteiger partial charge in [0.1, 0.15) is 17.1 Å². The number of anilines is 1. The maximum absolute atomic E-state index is 12.5. The van der Waals surface area contributed by atoms with Crippen LogP contribution in [0.2, 0.25) is 0 Å². The lowest BCUT2D eigenvalue weighted by atomic mass is 10.1. The molecule has 144 valence electrons. The molecule has 29 heavy (non-hydrogen) atoms. The van der Waals surface area contributed by atoms with Crippen LogP contribution in [0.4, 0.5) is 5.82 Å². The van der Waals surface area contributed by atoms with Crippen molar-refractivity contribution >= 4 is 28.7 Å². The Morgan fingerprint density at radius 3 is 2.76 bits per heavy atom. The van der Waals surface area contributed by atoms with Crippen LogP contribution in [0, 0.1) is 0 Å². The maximum Gasteiger partial charge on any atom is 0.279 e. The SMILES string of the molecule is O=C(Nc1cc(CNC(=O)c2cccc3ocnc23)ccn1)c1ncccc1O. The molecule has 0 aliphatic heterocycles. The first kappa shape index (κ1) is 18.1. The summed E-state index contributed by atoms with van der Waals surface area (Å²) in [5.74, 6) is -0.847. The molecule has 3 heterocycles. The van der Waals surface area contributed by atoms with Gasteiger partial charge >= 0.3 is 0 Å². The third-order valence-corrected chi connectivity index (χ3v) is 4.13. The number of amides is 2. The van der Waals surface area contributed by atoms with Gasteiger partial charge in [0.15, 0.2) is 17.7 Å². The van der Waals surface area contributed by atoms with Crippen molar-refractivity contribution < 1.29 is 19.1 Å². The van der Waals surface area contributed by atoms with Gasteiger partial charge in [0.2, 0.25) is 0 Å². The molecule has 0 spiro atoms. The molecule has 4 aromatic rings. The number of nitrogens with one attached hydrogen (secondary N) is 2. The standard InChI is InChI=1S/C20H15N5O4/c26-14-4-2-7-22-18(14)20(28)25-16-9-12(6-8-21-16)10-23-19(27)13-3-1-5-15-17(13)24-11-29-15/h1-9,11,26H,10H2,(H,23,27)(H,21,25,28). The van der Waals surface area contributed by atoms with Crippen LogP contribution >= 0.6 is 0 Å². The van der Waals surface area contributed by atoms with Gasteiger partial charge < -0.3 is 20.2 Å². The largest absolute Gasteiger partial charge is 0.505 e. The number of fused-ring (bicyclic) bond motifs is 1. The molecule has 0 radical (unpaired) electrons. The van der Waals surface area contributed by atoms with Gasteiger partial charge in [-0.25, -0.2) is 15.0 Å². The second-order valence-electron chi connectivity index (χ2n) is 6.06. The number of rotatable bonds is 5. The first-order valence-corrected chi connectivity index (χ1v) is 8.62. The molecule has 0 saturated heterocycles. The van der Waals surface area contributed by atoms with Gasteiger partial charge in [-0.3, -0.25) is 9.59 Å². The van der Waals surface area contributed by atoms with Gasteiger partial charge in [-0.05, 0) is 42.0 Å². The highest BCUT2D eigenvalue weighted by molar-refractivity contribution is 6.05. The van der Waals surface area contributed by atoms with Crippen molar-refractivity contribution in [2.75, 3.05) is 5.32 Å². The summed E-state index contributed by atoms with van der Waals surface area (Å²) in [5.41, 5.74) is 2.05. The number of aromatic hydroxyl groups is 1. The zero-order valence-corrected chi connectivity index (χ0v) is 15.0. The quantitative estimate of drug-likeness (QED) is 0.478. The molecule has 0 aliphatic carbocycles. The van der Waals surface area contributed by atoms with E-state index in [2.05, 4.69) is 25.6 Å². The molecule has 0 aliphatic rings. The molecule has 1 aromatic carbocycles. The van der Waals surface area contributed by atoms with Crippen LogP contribution in [-0.4, -0.2) is 31.9 Å². The summed E-state index contributed by atoms with van der Waals surface area (Å²) < 4.78 is 5.21. The van der Waals surface area contributed by atoms with Crippen LogP contribution in [0.15, 0.2) is 65.7 Å². The summed E-state index contributed by atoms with van der Waals surface area (Å²) in [5, 5.41) is 15.1. The third kappa shape index (κ3) is 3.88. The Bertz CT molecular complexity index is 1200. The normalized spacial score (nSPS) is 10.6. The molecule has 3 N–H and O–H groups in total. The van der Waals surface area contributed by atoms with E-state index in [-0.39, 0.29) is 29.7 Å². The lowest BCUT2D eigenvalue weighted by Gasteiger charge is -2.08. The minimum absolute atomic E-state index is 0.103. The van der Waals surface area contributed by atoms with Crippen LogP contribution in [0.1, 0.15) is 26.4 Å². The van der Waals surface area contributed by atoms with E-state index >= 15 is 0 Å². The molecule has 2 amide bonds. The number of pyridine rings is 2. The summed E-state index contributed by atoms with van der Waals surface area (Å²) in [7, 11) is 0. The molecule has 0 atom stereocenters. The Labute approximate surface area is 164 Å². The molecular weight excluding hydrogens is 374 g/mol. The summed E-state index contributed by atoms with van der Waals surface area (Å²) in [4.78, 5) is 36.7. The van der Waals surface area contributed by atoms with E-state index in [1.165, 1.54) is 30.9 Å². The number of benzene rings is 1. The molecule has 4 rings (SSSR count). The summed E-state index contributed by atoms with van der Waals surface area (Å²) >= 11 is 0. The second-order valence-corrected chi connectivity index (χ2v) is 6.06. The van der Waals surface area contributed by atoms with Crippen molar-refractivity contribution in [2.45, 2.75) is 6.54 Å². The second kappa shape index (κ2) is 7.77. The zero-order chi connectivity index (χ0) is 20.2. The topological polar surface area (TPSA) is 130 Å². The Morgan fingerprint density at radius 1 is 1.00 bits per heavy atom. The molecule has 0 fully saturated rings. The molecule has 9 heteroatoms. The predicted octanol–water partition coefficient (Wildman–Crippen LogP) is 2.51. The van der Waals surface area contributed by atoms with Crippen molar-refractivity contribution in [1.29, 1.82) is 0 Å². The minimum atomic E-state index is -0.588. The molecule has 0 saturated carbocycles. The number of carbonyl (C=O) groups is 2. The van der Waals surface area contributed by atoms with E-state index in [0.29, 0.717) is 16.7 Å². The molecule has 0 unspecified atom stereocenters. The van der Waals surface area contributed by atoms with Crippen molar-refractivity contribution in [3.05, 3.63) is 78.1 Å². The summed E-state index contributed by atoms with van der Waals surface area (Å²) in [6, 6.07) is 11.3. The fourth-order valence-corrected chi connectivity index (χ4v) is 2.75. The average molecular weight is 389 g/mol. The van der Waals surface area contributed by atoms with Gasteiger partial charge in [0.25, 0.3) is 11.8 Å². The van der Waals surface area contributed by atoms with Crippen molar-refractivity contribution in [2.24, 2.45) is 0 Å². The number of nitrogens with zero attached hydrogens (tertiary/aromatic N) is 3. The van der Waals surface area contributed by atoms with Gasteiger partial charge in [0.05, 0.1) is 5.56 Å². The fraction of sp³-hybridized carbons (Fsp3) is 0.0500. The maximum atomic E-state index is 12.5. The molecule has 9 nitrogen and oxygen atoms in total. The molecular formula is C20H15N5O4. The fourth-order valence-electron chi connectivity index (χ4n) is 2.75. The summed E-state index contributed by atoms with van der Waals surface area (Å²) in [6.07, 6.45) is 4.20. The smallest absolute Gasteiger partial charge is 0.279 e. The number of carbonyl (C=O) groups excluding carboxylic acids is 2. The van der Waals surface area contributed by atoms with Crippen LogP contribution in [0.5, 0.6) is 5.75 Å². The van der Waals surface area contributed by atoms with Crippen molar-refractivity contribution in [3.63, 3.8) is 0 Å². The monoisotopic (exact) mass is 389 g/mol. The summed E-state index contributed by atoms with van der Waals surface area (Å²) in [6.45, 7) is 0.216.